The van der Waals surface area contributed by atoms with Gasteiger partial charge >= 0.3 is 6.03 Å². The molecular formula is C17H19ClN2O2. The predicted molar refractivity (Wildman–Crippen MR) is 88.2 cm³/mol. The average molecular weight is 319 g/mol. The second kappa shape index (κ2) is 7.71. The van der Waals surface area contributed by atoms with Gasteiger partial charge in [-0.25, -0.2) is 4.79 Å². The fraction of sp³-hybridized carbons (Fsp3) is 0.235. The Hall–Kier alpha value is -2.20. The maximum Gasteiger partial charge on any atom is 0.315 e. The van der Waals surface area contributed by atoms with E-state index in [2.05, 4.69) is 10.6 Å². The molecule has 0 fully saturated rings. The van der Waals surface area contributed by atoms with Crippen LogP contribution in [0.15, 0.2) is 48.5 Å². The molecule has 0 aromatic heterocycles. The van der Waals surface area contributed by atoms with Gasteiger partial charge in [-0.1, -0.05) is 35.9 Å². The lowest BCUT2D eigenvalue weighted by atomic mass is 10.1. The van der Waals surface area contributed by atoms with Gasteiger partial charge < -0.3 is 15.4 Å². The lowest BCUT2D eigenvalue weighted by molar-refractivity contribution is 0.237. The van der Waals surface area contributed by atoms with Crippen molar-refractivity contribution in [3.05, 3.63) is 64.7 Å². The standard InChI is InChI=1S/C17H19ClN2O2/c1-12(14-6-8-15(18)9-7-14)20-17(21)19-11-13-4-3-5-16(10-13)22-2/h3-10,12H,11H2,1-2H3,(H2,19,20,21)/t12-/m0/s1. The van der Waals surface area contributed by atoms with Gasteiger partial charge in [-0.15, -0.1) is 0 Å². The van der Waals surface area contributed by atoms with Crippen LogP contribution in [0, 0.1) is 0 Å². The molecule has 0 bridgehead atoms. The summed E-state index contributed by atoms with van der Waals surface area (Å²) in [5, 5.41) is 6.40. The maximum atomic E-state index is 11.9. The van der Waals surface area contributed by atoms with Gasteiger partial charge in [0.1, 0.15) is 5.75 Å². The summed E-state index contributed by atoms with van der Waals surface area (Å²) >= 11 is 5.85. The van der Waals surface area contributed by atoms with Crippen molar-refractivity contribution < 1.29 is 9.53 Å². The molecule has 2 rings (SSSR count). The summed E-state index contributed by atoms with van der Waals surface area (Å²) in [5.41, 5.74) is 1.98. The molecule has 0 heterocycles. The van der Waals surface area contributed by atoms with E-state index in [-0.39, 0.29) is 12.1 Å². The highest BCUT2D eigenvalue weighted by atomic mass is 35.5. The van der Waals surface area contributed by atoms with Gasteiger partial charge in [0.2, 0.25) is 0 Å². The molecule has 1 atom stereocenters. The lowest BCUT2D eigenvalue weighted by Crippen LogP contribution is -2.36. The van der Waals surface area contributed by atoms with Crippen LogP contribution in [0.1, 0.15) is 24.1 Å². The number of rotatable bonds is 5. The zero-order valence-corrected chi connectivity index (χ0v) is 13.4. The van der Waals surface area contributed by atoms with Gasteiger partial charge in [0.05, 0.1) is 13.2 Å². The van der Waals surface area contributed by atoms with Crippen LogP contribution in [0.25, 0.3) is 0 Å². The van der Waals surface area contributed by atoms with Crippen molar-refractivity contribution in [2.75, 3.05) is 7.11 Å². The Morgan fingerprint density at radius 1 is 1.23 bits per heavy atom. The van der Waals surface area contributed by atoms with Crippen molar-refractivity contribution in [1.82, 2.24) is 10.6 Å². The van der Waals surface area contributed by atoms with E-state index in [1.807, 2.05) is 55.5 Å². The topological polar surface area (TPSA) is 50.4 Å². The molecule has 4 nitrogen and oxygen atoms in total. The van der Waals surface area contributed by atoms with Gasteiger partial charge in [0.15, 0.2) is 0 Å². The molecule has 0 saturated carbocycles. The molecule has 22 heavy (non-hydrogen) atoms. The largest absolute Gasteiger partial charge is 0.497 e. The molecule has 2 aromatic rings. The molecule has 0 saturated heterocycles. The van der Waals surface area contributed by atoms with Crippen LogP contribution in [-0.4, -0.2) is 13.1 Å². The minimum atomic E-state index is -0.217. The van der Waals surface area contributed by atoms with Crippen molar-refractivity contribution in [3.63, 3.8) is 0 Å². The van der Waals surface area contributed by atoms with Crippen molar-refractivity contribution in [2.24, 2.45) is 0 Å². The second-order valence-corrected chi connectivity index (χ2v) is 5.39. The zero-order valence-electron chi connectivity index (χ0n) is 12.6. The van der Waals surface area contributed by atoms with Crippen molar-refractivity contribution in [1.29, 1.82) is 0 Å². The first kappa shape index (κ1) is 16.2. The van der Waals surface area contributed by atoms with Gasteiger partial charge in [-0.2, -0.15) is 0 Å². The molecule has 0 aliphatic rings. The molecule has 116 valence electrons. The van der Waals surface area contributed by atoms with E-state index in [9.17, 15) is 4.79 Å². The van der Waals surface area contributed by atoms with Gasteiger partial charge in [-0.05, 0) is 42.3 Å². The Balaban J connectivity index is 1.85. The first-order valence-corrected chi connectivity index (χ1v) is 7.39. The third kappa shape index (κ3) is 4.67. The number of urea groups is 1. The minimum absolute atomic E-state index is 0.0948. The molecule has 2 aromatic carbocycles. The summed E-state index contributed by atoms with van der Waals surface area (Å²) in [6.45, 7) is 2.37. The highest BCUT2D eigenvalue weighted by Crippen LogP contribution is 2.16. The van der Waals surface area contributed by atoms with Crippen LogP contribution in [0.4, 0.5) is 4.79 Å². The number of hydrogen-bond donors (Lipinski definition) is 2. The highest BCUT2D eigenvalue weighted by Gasteiger charge is 2.09. The van der Waals surface area contributed by atoms with Gasteiger partial charge in [0.25, 0.3) is 0 Å². The van der Waals surface area contributed by atoms with Crippen LogP contribution in [0.2, 0.25) is 5.02 Å². The van der Waals surface area contributed by atoms with Crippen molar-refractivity contribution in [2.45, 2.75) is 19.5 Å². The molecule has 0 spiro atoms. The van der Waals surface area contributed by atoms with E-state index >= 15 is 0 Å². The first-order chi connectivity index (χ1) is 10.6. The number of methoxy groups -OCH3 is 1. The van der Waals surface area contributed by atoms with Crippen molar-refractivity contribution >= 4 is 17.6 Å². The second-order valence-electron chi connectivity index (χ2n) is 4.95. The quantitative estimate of drug-likeness (QED) is 0.878. The van der Waals surface area contributed by atoms with Crippen LogP contribution < -0.4 is 15.4 Å². The Morgan fingerprint density at radius 2 is 1.95 bits per heavy atom. The Kier molecular flexibility index (Phi) is 5.67. The molecule has 0 aliphatic heterocycles. The van der Waals surface area contributed by atoms with Crippen LogP contribution >= 0.6 is 11.6 Å². The van der Waals surface area contributed by atoms with Crippen LogP contribution in [-0.2, 0) is 6.54 Å². The van der Waals surface area contributed by atoms with Crippen LogP contribution in [0.5, 0.6) is 5.75 Å². The number of benzene rings is 2. The molecule has 2 amide bonds. The van der Waals surface area contributed by atoms with Crippen LogP contribution in [0.3, 0.4) is 0 Å². The van der Waals surface area contributed by atoms with Crippen molar-refractivity contribution in [3.8, 4) is 5.75 Å². The Bertz CT molecular complexity index is 629. The number of ether oxygens (including phenoxy) is 1. The minimum Gasteiger partial charge on any atom is -0.497 e. The summed E-state index contributed by atoms with van der Waals surface area (Å²) in [4.78, 5) is 11.9. The third-order valence-corrected chi connectivity index (χ3v) is 3.56. The number of carbonyl (C=O) groups is 1. The Labute approximate surface area is 135 Å². The Morgan fingerprint density at radius 3 is 2.64 bits per heavy atom. The fourth-order valence-corrected chi connectivity index (χ4v) is 2.17. The summed E-state index contributed by atoms with van der Waals surface area (Å²) in [7, 11) is 1.62. The zero-order chi connectivity index (χ0) is 15.9. The van der Waals surface area contributed by atoms with E-state index in [0.29, 0.717) is 11.6 Å². The van der Waals surface area contributed by atoms with E-state index in [1.54, 1.807) is 7.11 Å². The monoisotopic (exact) mass is 318 g/mol. The van der Waals surface area contributed by atoms with Gasteiger partial charge in [-0.3, -0.25) is 0 Å². The fourth-order valence-electron chi connectivity index (χ4n) is 2.05. The first-order valence-electron chi connectivity index (χ1n) is 7.01. The third-order valence-electron chi connectivity index (χ3n) is 3.30. The summed E-state index contributed by atoms with van der Waals surface area (Å²) in [6.07, 6.45) is 0. The van der Waals surface area contributed by atoms with E-state index < -0.39 is 0 Å². The normalized spacial score (nSPS) is 11.6. The predicted octanol–water partition coefficient (Wildman–Crippen LogP) is 3.91. The molecular weight excluding hydrogens is 300 g/mol. The summed E-state index contributed by atoms with van der Waals surface area (Å²) in [6, 6.07) is 14.7. The van der Waals surface area contributed by atoms with Gasteiger partial charge in [0, 0.05) is 11.6 Å². The number of carbonyl (C=O) groups excluding carboxylic acids is 1. The molecule has 2 N–H and O–H groups in total. The number of hydrogen-bond acceptors (Lipinski definition) is 2. The average Bonchev–Trinajstić information content (AvgIpc) is 2.53. The van der Waals surface area contributed by atoms with E-state index in [4.69, 9.17) is 16.3 Å². The molecule has 0 unspecified atom stereocenters. The highest BCUT2D eigenvalue weighted by molar-refractivity contribution is 6.30. The molecule has 0 radical (unpaired) electrons. The number of halogens is 1. The number of amides is 2. The lowest BCUT2D eigenvalue weighted by Gasteiger charge is -2.15. The summed E-state index contributed by atoms with van der Waals surface area (Å²) < 4.78 is 5.15. The molecule has 5 heteroatoms. The number of nitrogens with one attached hydrogen (secondary N) is 2. The SMILES string of the molecule is COc1cccc(CNC(=O)N[C@@H](C)c2ccc(Cl)cc2)c1. The molecule has 0 aliphatic carbocycles. The summed E-state index contributed by atoms with van der Waals surface area (Å²) in [5.74, 6) is 0.772. The van der Waals surface area contributed by atoms with E-state index in [1.165, 1.54) is 0 Å². The van der Waals surface area contributed by atoms with E-state index in [0.717, 1.165) is 16.9 Å². The maximum absolute atomic E-state index is 11.9. The smallest absolute Gasteiger partial charge is 0.315 e.